The molecule has 2 bridgehead atoms. The predicted molar refractivity (Wildman–Crippen MR) is 184 cm³/mol. The van der Waals surface area contributed by atoms with Crippen LogP contribution in [0.2, 0.25) is 0 Å². The highest BCUT2D eigenvalue weighted by molar-refractivity contribution is 6.18. The van der Waals surface area contributed by atoms with E-state index < -0.39 is 41.4 Å². The Labute approximate surface area is 295 Å². The van der Waals surface area contributed by atoms with Crippen LogP contribution in [0, 0.1) is 23.7 Å². The van der Waals surface area contributed by atoms with Crippen LogP contribution in [0.15, 0.2) is 24.3 Å². The van der Waals surface area contributed by atoms with Gasteiger partial charge in [-0.3, -0.25) is 0 Å². The van der Waals surface area contributed by atoms with Gasteiger partial charge in [0.15, 0.2) is 11.9 Å². The zero-order valence-electron chi connectivity index (χ0n) is 29.3. The Bertz CT molecular complexity index is 1240. The van der Waals surface area contributed by atoms with E-state index in [9.17, 15) is 9.59 Å². The van der Waals surface area contributed by atoms with Gasteiger partial charge in [0.2, 0.25) is 5.79 Å². The van der Waals surface area contributed by atoms with Crippen molar-refractivity contribution in [1.29, 1.82) is 0 Å². The molecule has 5 aliphatic rings. The van der Waals surface area contributed by atoms with Gasteiger partial charge in [-0.05, 0) is 95.2 Å². The van der Waals surface area contributed by atoms with E-state index in [0.717, 1.165) is 36.9 Å². The number of carbonyl (C=O) groups is 2. The van der Waals surface area contributed by atoms with Gasteiger partial charge in [0, 0.05) is 49.3 Å². The second-order valence-electron chi connectivity index (χ2n) is 15.2. The number of anilines is 1. The first kappa shape index (κ1) is 37.4. The van der Waals surface area contributed by atoms with Gasteiger partial charge in [-0.15, -0.1) is 23.2 Å². The Kier molecular flexibility index (Phi) is 12.2. The highest BCUT2D eigenvalue weighted by Crippen LogP contribution is 2.60. The number of alkyl halides is 2. The lowest BCUT2D eigenvalue weighted by molar-refractivity contribution is -0.571. The maximum Gasteiger partial charge on any atom is 0.408 e. The Morgan fingerprint density at radius 3 is 2.42 bits per heavy atom. The van der Waals surface area contributed by atoms with Crippen molar-refractivity contribution in [3.63, 3.8) is 0 Å². The van der Waals surface area contributed by atoms with Crippen LogP contribution in [0.5, 0.6) is 0 Å². The first-order valence-corrected chi connectivity index (χ1v) is 18.7. The molecule has 4 aliphatic heterocycles. The second-order valence-corrected chi connectivity index (χ2v) is 15.9. The molecule has 3 unspecified atom stereocenters. The Hall–Kier alpha value is -1.82. The van der Waals surface area contributed by atoms with Gasteiger partial charge in [-0.1, -0.05) is 26.0 Å². The molecule has 10 nitrogen and oxygen atoms in total. The summed E-state index contributed by atoms with van der Waals surface area (Å²) in [7, 11) is 0. The minimum absolute atomic E-state index is 0.0729. The van der Waals surface area contributed by atoms with E-state index in [1.54, 1.807) is 20.8 Å². The maximum atomic E-state index is 13.4. The maximum absolute atomic E-state index is 13.4. The van der Waals surface area contributed by atoms with Crippen LogP contribution in [-0.4, -0.2) is 78.9 Å². The van der Waals surface area contributed by atoms with Crippen LogP contribution in [0.25, 0.3) is 0 Å². The van der Waals surface area contributed by atoms with Crippen LogP contribution in [0.3, 0.4) is 0 Å². The summed E-state index contributed by atoms with van der Waals surface area (Å²) in [5.74, 6) is 0.921. The van der Waals surface area contributed by atoms with Crippen molar-refractivity contribution in [3.05, 3.63) is 29.8 Å². The van der Waals surface area contributed by atoms with Crippen molar-refractivity contribution >= 4 is 41.0 Å². The number of ether oxygens (including phenoxy) is 4. The molecule has 0 radical (unpaired) electrons. The molecule has 1 amide bonds. The lowest BCUT2D eigenvalue weighted by Crippen LogP contribution is -2.70. The number of halogens is 2. The number of esters is 1. The molecule has 4 saturated heterocycles. The molecule has 6 rings (SSSR count). The van der Waals surface area contributed by atoms with Gasteiger partial charge in [0.1, 0.15) is 11.6 Å². The van der Waals surface area contributed by atoms with E-state index in [0.29, 0.717) is 49.5 Å². The fraction of sp³-hybridized carbons (Fsp3) is 0.778. The van der Waals surface area contributed by atoms with Gasteiger partial charge in [-0.25, -0.2) is 19.4 Å². The van der Waals surface area contributed by atoms with Crippen molar-refractivity contribution in [2.75, 3.05) is 36.4 Å². The summed E-state index contributed by atoms with van der Waals surface area (Å²) in [5, 5.41) is 2.73. The molecule has 1 aliphatic carbocycles. The Balaban J connectivity index is 1.20. The van der Waals surface area contributed by atoms with Gasteiger partial charge >= 0.3 is 12.1 Å². The third-order valence-electron chi connectivity index (χ3n) is 10.6. The van der Waals surface area contributed by atoms with Crippen LogP contribution >= 0.6 is 23.2 Å². The summed E-state index contributed by atoms with van der Waals surface area (Å²) in [6.07, 6.45) is 4.25. The number of fused-ring (bicyclic) bond motifs is 2. The molecule has 0 aromatic heterocycles. The Morgan fingerprint density at radius 1 is 1.04 bits per heavy atom. The zero-order chi connectivity index (χ0) is 34.7. The molecule has 1 aromatic carbocycles. The number of benzene rings is 1. The van der Waals surface area contributed by atoms with Crippen molar-refractivity contribution in [2.24, 2.45) is 23.7 Å². The summed E-state index contributed by atoms with van der Waals surface area (Å²) in [6, 6.07) is 6.88. The predicted octanol–water partition coefficient (Wildman–Crippen LogP) is 6.98. The molecule has 9 atom stereocenters. The molecule has 5 fully saturated rings. The fourth-order valence-corrected chi connectivity index (χ4v) is 8.57. The quantitative estimate of drug-likeness (QED) is 0.100. The van der Waals surface area contributed by atoms with E-state index in [1.807, 2.05) is 31.2 Å². The number of hydrogen-bond acceptors (Lipinski definition) is 9. The van der Waals surface area contributed by atoms with E-state index in [-0.39, 0.29) is 31.0 Å². The average Bonchev–Trinajstić information content (AvgIpc) is 3.26. The summed E-state index contributed by atoms with van der Waals surface area (Å²) >= 11 is 12.0. The highest BCUT2D eigenvalue weighted by Gasteiger charge is 2.69. The molecule has 1 spiro atoms. The summed E-state index contributed by atoms with van der Waals surface area (Å²) in [6.45, 7) is 13.3. The third-order valence-corrected chi connectivity index (χ3v) is 10.9. The van der Waals surface area contributed by atoms with Gasteiger partial charge in [-0.2, -0.15) is 0 Å². The Morgan fingerprint density at radius 2 is 1.75 bits per heavy atom. The first-order valence-electron chi connectivity index (χ1n) is 17.6. The minimum Gasteiger partial charge on any atom is -0.464 e. The number of rotatable bonds is 13. The molecule has 1 aromatic rings. The normalized spacial score (nSPS) is 33.2. The number of amides is 1. The lowest BCUT2D eigenvalue weighted by Gasteiger charge is -2.60. The van der Waals surface area contributed by atoms with Crippen LogP contribution < -0.4 is 10.2 Å². The molecule has 270 valence electrons. The van der Waals surface area contributed by atoms with Crippen molar-refractivity contribution in [3.8, 4) is 0 Å². The average molecular weight is 714 g/mol. The summed E-state index contributed by atoms with van der Waals surface area (Å²) < 4.78 is 24.4. The van der Waals surface area contributed by atoms with E-state index in [4.69, 9.17) is 51.9 Å². The SMILES string of the molecule is C[C@H]1[C@@H](CCCOC(=O)[C@@H](Cc2ccc(N(CCCl)CCCl)cc2)NC(=O)OC(C)(C)C)O[C@@H]2OC3(C)CCC4[C@H](C)CC[C@@H]1C42OO3. The summed E-state index contributed by atoms with van der Waals surface area (Å²) in [4.78, 5) is 40.4. The minimum atomic E-state index is -0.925. The van der Waals surface area contributed by atoms with E-state index in [1.165, 1.54) is 0 Å². The van der Waals surface area contributed by atoms with Crippen LogP contribution in [-0.2, 0) is 39.9 Å². The number of nitrogens with one attached hydrogen (secondary N) is 1. The lowest BCUT2D eigenvalue weighted by atomic mass is 9.57. The van der Waals surface area contributed by atoms with Crippen LogP contribution in [0.4, 0.5) is 10.5 Å². The molecule has 48 heavy (non-hydrogen) atoms. The number of carbonyl (C=O) groups excluding carboxylic acids is 2. The van der Waals surface area contributed by atoms with Gasteiger partial charge < -0.3 is 29.2 Å². The monoisotopic (exact) mass is 712 g/mol. The van der Waals surface area contributed by atoms with Crippen molar-refractivity contribution in [2.45, 2.75) is 122 Å². The molecule has 4 heterocycles. The molecule has 12 heteroatoms. The van der Waals surface area contributed by atoms with Gasteiger partial charge in [0.05, 0.1) is 12.7 Å². The number of alkyl carbamates (subject to hydrolysis) is 1. The van der Waals surface area contributed by atoms with Crippen molar-refractivity contribution in [1.82, 2.24) is 5.32 Å². The largest absolute Gasteiger partial charge is 0.464 e. The standard InChI is InChI=1S/C36H54Cl2N2O8/c1-23-9-14-28-24(2)30(44-32-36(28)27(23)15-16-35(6,45-32)47-48-36)8-7-21-43-31(41)29(39-33(42)46-34(3,4)5)22-25-10-12-26(13-11-25)40(19-17-37)20-18-38/h10-13,23-24,27-30,32H,7-9,14-22H2,1-6H3,(H,39,42)/t23-,24-,27?,28+,29-,30-,32-,35?,36?/m1/s1. The molecular weight excluding hydrogens is 659 g/mol. The van der Waals surface area contributed by atoms with Crippen molar-refractivity contribution < 1.29 is 38.3 Å². The molecule has 1 N–H and O–H groups in total. The van der Waals surface area contributed by atoms with Crippen LogP contribution in [0.1, 0.15) is 85.6 Å². The van der Waals surface area contributed by atoms with Gasteiger partial charge in [0.25, 0.3) is 0 Å². The number of hydrogen-bond donors (Lipinski definition) is 1. The smallest absolute Gasteiger partial charge is 0.408 e. The van der Waals surface area contributed by atoms with E-state index >= 15 is 0 Å². The zero-order valence-corrected chi connectivity index (χ0v) is 30.8. The third kappa shape index (κ3) is 8.37. The fourth-order valence-electron chi connectivity index (χ4n) is 8.16. The highest BCUT2D eigenvalue weighted by atomic mass is 35.5. The topological polar surface area (TPSA) is 105 Å². The molecular formula is C36H54Cl2N2O8. The summed E-state index contributed by atoms with van der Waals surface area (Å²) in [5.41, 5.74) is 0.541. The number of nitrogens with zero attached hydrogens (tertiary/aromatic N) is 1. The first-order chi connectivity index (χ1) is 22.8. The second kappa shape index (κ2) is 15.6. The molecule has 1 saturated carbocycles. The van der Waals surface area contributed by atoms with E-state index in [2.05, 4.69) is 24.1 Å².